The van der Waals surface area contributed by atoms with Crippen LogP contribution in [-0.4, -0.2) is 37.7 Å². The molecule has 0 fully saturated rings. The smallest absolute Gasteiger partial charge is 0.326 e. The summed E-state index contributed by atoms with van der Waals surface area (Å²) in [6.45, 7) is 0.338. The van der Waals surface area contributed by atoms with Crippen molar-refractivity contribution in [2.24, 2.45) is 0 Å². The maximum Gasteiger partial charge on any atom is 0.326 e. The maximum atomic E-state index is 12.8. The summed E-state index contributed by atoms with van der Waals surface area (Å²) >= 11 is 0. The number of rotatable bonds is 3. The number of carbonyl (C=O) groups is 2. The Kier molecular flexibility index (Phi) is 3.72. The van der Waals surface area contributed by atoms with E-state index >= 15 is 0 Å². The van der Waals surface area contributed by atoms with Gasteiger partial charge in [0.15, 0.2) is 0 Å². The number of carbonyl (C=O) groups excluding carboxylic acids is 1. The summed E-state index contributed by atoms with van der Waals surface area (Å²) in [6.07, 6.45) is 2.04. The molecular formula is C19H17N3O3. The molecule has 0 unspecified atom stereocenters. The highest BCUT2D eigenvalue weighted by Crippen LogP contribution is 2.24. The van der Waals surface area contributed by atoms with E-state index in [4.69, 9.17) is 0 Å². The van der Waals surface area contributed by atoms with Gasteiger partial charge < -0.3 is 10.0 Å². The molecule has 0 bridgehead atoms. The van der Waals surface area contributed by atoms with E-state index in [2.05, 4.69) is 5.10 Å². The summed E-state index contributed by atoms with van der Waals surface area (Å²) < 4.78 is 1.62. The molecule has 2 heterocycles. The Morgan fingerprint density at radius 2 is 1.80 bits per heavy atom. The number of carboxylic acid groups (broad SMARTS) is 1. The van der Waals surface area contributed by atoms with Crippen LogP contribution in [0.1, 0.15) is 11.1 Å². The minimum Gasteiger partial charge on any atom is -0.480 e. The molecule has 3 aromatic rings. The van der Waals surface area contributed by atoms with Crippen LogP contribution in [-0.2, 0) is 29.1 Å². The minimum absolute atomic E-state index is 0.0272. The van der Waals surface area contributed by atoms with Crippen molar-refractivity contribution < 1.29 is 14.7 Å². The fourth-order valence-electron chi connectivity index (χ4n) is 3.38. The van der Waals surface area contributed by atoms with Gasteiger partial charge in [-0.05, 0) is 17.2 Å². The number of nitrogens with zero attached hydrogens (tertiary/aromatic N) is 3. The third-order valence-electron chi connectivity index (χ3n) is 4.69. The summed E-state index contributed by atoms with van der Waals surface area (Å²) in [4.78, 5) is 26.0. The van der Waals surface area contributed by atoms with Crippen molar-refractivity contribution in [2.75, 3.05) is 0 Å². The van der Waals surface area contributed by atoms with Gasteiger partial charge in [-0.15, -0.1) is 0 Å². The van der Waals surface area contributed by atoms with Gasteiger partial charge in [0.2, 0.25) is 5.91 Å². The molecule has 0 spiro atoms. The highest BCUT2D eigenvalue weighted by atomic mass is 16.4. The first-order valence-electron chi connectivity index (χ1n) is 8.13. The number of para-hydroxylation sites is 1. The minimum atomic E-state index is -0.979. The molecule has 2 aromatic carbocycles. The van der Waals surface area contributed by atoms with Crippen molar-refractivity contribution in [3.05, 3.63) is 65.9 Å². The van der Waals surface area contributed by atoms with Gasteiger partial charge in [-0.25, -0.2) is 4.79 Å². The molecule has 126 valence electrons. The molecule has 1 aliphatic rings. The van der Waals surface area contributed by atoms with E-state index in [-0.39, 0.29) is 12.5 Å². The van der Waals surface area contributed by atoms with Crippen LogP contribution < -0.4 is 0 Å². The van der Waals surface area contributed by atoms with Crippen molar-refractivity contribution in [1.29, 1.82) is 0 Å². The van der Waals surface area contributed by atoms with Crippen LogP contribution >= 0.6 is 0 Å². The van der Waals surface area contributed by atoms with Gasteiger partial charge in [-0.1, -0.05) is 42.5 Å². The Balaban J connectivity index is 1.63. The zero-order chi connectivity index (χ0) is 17.4. The Morgan fingerprint density at radius 1 is 1.08 bits per heavy atom. The van der Waals surface area contributed by atoms with Gasteiger partial charge in [-0.3, -0.25) is 9.48 Å². The van der Waals surface area contributed by atoms with E-state index in [1.54, 1.807) is 10.9 Å². The highest BCUT2D eigenvalue weighted by molar-refractivity contribution is 5.86. The summed E-state index contributed by atoms with van der Waals surface area (Å²) in [5, 5.41) is 14.8. The Hall–Kier alpha value is -3.15. The van der Waals surface area contributed by atoms with Crippen molar-refractivity contribution in [1.82, 2.24) is 14.7 Å². The second kappa shape index (κ2) is 6.05. The molecular weight excluding hydrogens is 318 g/mol. The van der Waals surface area contributed by atoms with Gasteiger partial charge in [0, 0.05) is 18.4 Å². The van der Waals surface area contributed by atoms with Crippen molar-refractivity contribution in [3.8, 4) is 0 Å². The number of aliphatic carboxylic acids is 1. The van der Waals surface area contributed by atoms with E-state index in [1.807, 2.05) is 48.5 Å². The van der Waals surface area contributed by atoms with Gasteiger partial charge >= 0.3 is 5.97 Å². The van der Waals surface area contributed by atoms with E-state index in [0.29, 0.717) is 13.0 Å². The standard InChI is InChI=1S/C19H17N3O3/c23-18(12-22-16-8-4-3-6-14(16)10-20-22)21-11-15-7-2-1-5-13(15)9-17(21)19(24)25/h1-8,10,17H,9,11-12H2,(H,24,25)/t17-/m1/s1. The average Bonchev–Trinajstić information content (AvgIpc) is 3.03. The molecule has 6 nitrogen and oxygen atoms in total. The van der Waals surface area contributed by atoms with Crippen LogP contribution in [0.25, 0.3) is 10.9 Å². The molecule has 4 rings (SSSR count). The summed E-state index contributed by atoms with van der Waals surface area (Å²) in [5.41, 5.74) is 2.85. The van der Waals surface area contributed by atoms with Crippen molar-refractivity contribution in [3.63, 3.8) is 0 Å². The van der Waals surface area contributed by atoms with Crippen molar-refractivity contribution >= 4 is 22.8 Å². The second-order valence-electron chi connectivity index (χ2n) is 6.21. The molecule has 0 saturated carbocycles. The molecule has 25 heavy (non-hydrogen) atoms. The predicted octanol–water partition coefficient (Wildman–Crippen LogP) is 2.07. The lowest BCUT2D eigenvalue weighted by atomic mass is 9.94. The van der Waals surface area contributed by atoms with Crippen LogP contribution in [0.3, 0.4) is 0 Å². The molecule has 0 saturated heterocycles. The van der Waals surface area contributed by atoms with Crippen LogP contribution in [0, 0.1) is 0 Å². The number of benzene rings is 2. The third kappa shape index (κ3) is 2.76. The van der Waals surface area contributed by atoms with Gasteiger partial charge in [0.1, 0.15) is 12.6 Å². The van der Waals surface area contributed by atoms with Crippen LogP contribution in [0.15, 0.2) is 54.7 Å². The number of carboxylic acids is 1. The van der Waals surface area contributed by atoms with E-state index < -0.39 is 12.0 Å². The van der Waals surface area contributed by atoms with Crippen LogP contribution in [0.2, 0.25) is 0 Å². The van der Waals surface area contributed by atoms with Gasteiger partial charge in [0.05, 0.1) is 11.7 Å². The number of hydrogen-bond acceptors (Lipinski definition) is 3. The molecule has 0 aliphatic carbocycles. The first-order valence-corrected chi connectivity index (χ1v) is 8.13. The normalized spacial score (nSPS) is 16.6. The average molecular weight is 335 g/mol. The van der Waals surface area contributed by atoms with Gasteiger partial charge in [-0.2, -0.15) is 5.10 Å². The monoisotopic (exact) mass is 335 g/mol. The number of hydrogen-bond donors (Lipinski definition) is 1. The van der Waals surface area contributed by atoms with Crippen molar-refractivity contribution in [2.45, 2.75) is 25.6 Å². The Labute approximate surface area is 144 Å². The zero-order valence-corrected chi connectivity index (χ0v) is 13.5. The third-order valence-corrected chi connectivity index (χ3v) is 4.69. The number of fused-ring (bicyclic) bond motifs is 2. The second-order valence-corrected chi connectivity index (χ2v) is 6.21. The molecule has 1 amide bonds. The first kappa shape index (κ1) is 15.4. The van der Waals surface area contributed by atoms with E-state index in [1.165, 1.54) is 4.90 Å². The predicted molar refractivity (Wildman–Crippen MR) is 91.9 cm³/mol. The molecule has 1 N–H and O–H groups in total. The first-order chi connectivity index (χ1) is 12.1. The molecule has 6 heteroatoms. The fraction of sp³-hybridized carbons (Fsp3) is 0.211. The number of aromatic nitrogens is 2. The summed E-state index contributed by atoms with van der Waals surface area (Å²) in [6, 6.07) is 14.5. The summed E-state index contributed by atoms with van der Waals surface area (Å²) in [7, 11) is 0. The Bertz CT molecular complexity index is 963. The van der Waals surface area contributed by atoms with Gasteiger partial charge in [0.25, 0.3) is 0 Å². The SMILES string of the molecule is O=C(O)[C@H]1Cc2ccccc2CN1C(=O)Cn1ncc2ccccc21. The largest absolute Gasteiger partial charge is 0.480 e. The topological polar surface area (TPSA) is 75.4 Å². The Morgan fingerprint density at radius 3 is 2.60 bits per heavy atom. The molecule has 1 aromatic heterocycles. The van der Waals surface area contributed by atoms with E-state index in [9.17, 15) is 14.7 Å². The van der Waals surface area contributed by atoms with Crippen LogP contribution in [0.5, 0.6) is 0 Å². The zero-order valence-electron chi connectivity index (χ0n) is 13.5. The highest BCUT2D eigenvalue weighted by Gasteiger charge is 2.34. The maximum absolute atomic E-state index is 12.8. The molecule has 0 radical (unpaired) electrons. The number of amides is 1. The molecule has 1 atom stereocenters. The lowest BCUT2D eigenvalue weighted by Gasteiger charge is -2.34. The summed E-state index contributed by atoms with van der Waals surface area (Å²) in [5.74, 6) is -1.22. The molecule has 1 aliphatic heterocycles. The lowest BCUT2D eigenvalue weighted by molar-refractivity contribution is -0.151. The van der Waals surface area contributed by atoms with Crippen LogP contribution in [0.4, 0.5) is 0 Å². The quantitative estimate of drug-likeness (QED) is 0.795. The van der Waals surface area contributed by atoms with E-state index in [0.717, 1.165) is 22.0 Å². The lowest BCUT2D eigenvalue weighted by Crippen LogP contribution is -2.49. The fourth-order valence-corrected chi connectivity index (χ4v) is 3.38.